The van der Waals surface area contributed by atoms with E-state index in [1.165, 1.54) is 0 Å². The number of rotatable bonds is 6. The molecule has 0 radical (unpaired) electrons. The van der Waals surface area contributed by atoms with E-state index in [9.17, 15) is 5.02 Å². The summed E-state index contributed by atoms with van der Waals surface area (Å²) in [5.74, 6) is -0.189. The lowest BCUT2D eigenvalue weighted by Gasteiger charge is -2.21. The second-order valence-corrected chi connectivity index (χ2v) is 3.31. The predicted octanol–water partition coefficient (Wildman–Crippen LogP) is 0.996. The lowest BCUT2D eigenvalue weighted by atomic mass is 9.82. The molecule has 0 rings (SSSR count). The quantitative estimate of drug-likeness (QED) is 0.648. The third-order valence-electron chi connectivity index (χ3n) is 2.08. The van der Waals surface area contributed by atoms with Crippen LogP contribution < -0.4 is 0 Å². The van der Waals surface area contributed by atoms with Gasteiger partial charge in [0, 0.05) is 6.61 Å². The minimum atomic E-state index is -0.923. The first-order valence-corrected chi connectivity index (χ1v) is 4.87. The fourth-order valence-electron chi connectivity index (χ4n) is 0.935. The van der Waals surface area contributed by atoms with E-state index in [2.05, 4.69) is 6.07 Å². The molecule has 0 bridgehead atoms. The Labute approximate surface area is 86.0 Å². The summed E-state index contributed by atoms with van der Waals surface area (Å²) >= 11 is 0. The van der Waals surface area contributed by atoms with Crippen molar-refractivity contribution in [1.29, 1.82) is 5.26 Å². The third-order valence-corrected chi connectivity index (χ3v) is 2.08. The van der Waals surface area contributed by atoms with Gasteiger partial charge in [-0.05, 0) is 27.7 Å². The van der Waals surface area contributed by atoms with Crippen molar-refractivity contribution in [3.05, 3.63) is 0 Å². The Kier molecular flexibility index (Phi) is 6.55. The standard InChI is InChI=1S/C9H18BNO3/c1-5-13-10(12)9(4)14-8(3)7(2)6-11/h7-9,12H,5H2,1-4H3/t7?,8-,9?/m0/s1. The Morgan fingerprint density at radius 1 is 1.43 bits per heavy atom. The molecule has 0 aliphatic rings. The number of nitrogens with zero attached hydrogens (tertiary/aromatic N) is 1. The first kappa shape index (κ1) is 13.4. The van der Waals surface area contributed by atoms with Gasteiger partial charge in [-0.15, -0.1) is 0 Å². The van der Waals surface area contributed by atoms with Gasteiger partial charge < -0.3 is 14.4 Å². The lowest BCUT2D eigenvalue weighted by molar-refractivity contribution is 0.0103. The van der Waals surface area contributed by atoms with Gasteiger partial charge in [0.25, 0.3) is 0 Å². The van der Waals surface area contributed by atoms with E-state index >= 15 is 0 Å². The van der Waals surface area contributed by atoms with Crippen LogP contribution in [0, 0.1) is 17.2 Å². The molecule has 0 aromatic heterocycles. The van der Waals surface area contributed by atoms with Crippen molar-refractivity contribution in [3.8, 4) is 6.07 Å². The van der Waals surface area contributed by atoms with Gasteiger partial charge in [0.2, 0.25) is 0 Å². The van der Waals surface area contributed by atoms with Crippen molar-refractivity contribution in [2.75, 3.05) is 6.61 Å². The molecule has 0 amide bonds. The number of nitriles is 1. The second kappa shape index (κ2) is 6.82. The Morgan fingerprint density at radius 2 is 2.00 bits per heavy atom. The second-order valence-electron chi connectivity index (χ2n) is 3.31. The zero-order valence-electron chi connectivity index (χ0n) is 9.23. The van der Waals surface area contributed by atoms with Crippen molar-refractivity contribution in [2.45, 2.75) is 39.8 Å². The van der Waals surface area contributed by atoms with Crippen LogP contribution in [-0.2, 0) is 9.39 Å². The molecular formula is C9H18BNO3. The summed E-state index contributed by atoms with van der Waals surface area (Å²) in [5, 5.41) is 18.0. The normalized spacial score (nSPS) is 16.9. The van der Waals surface area contributed by atoms with Crippen molar-refractivity contribution in [3.63, 3.8) is 0 Å². The summed E-state index contributed by atoms with van der Waals surface area (Å²) in [7, 11) is -0.923. The number of ether oxygens (including phenoxy) is 1. The van der Waals surface area contributed by atoms with Gasteiger partial charge >= 0.3 is 7.12 Å². The highest BCUT2D eigenvalue weighted by Crippen LogP contribution is 2.09. The molecule has 0 saturated heterocycles. The van der Waals surface area contributed by atoms with Crippen LogP contribution in [0.3, 0.4) is 0 Å². The van der Waals surface area contributed by atoms with E-state index in [1.54, 1.807) is 20.8 Å². The summed E-state index contributed by atoms with van der Waals surface area (Å²) < 4.78 is 10.4. The monoisotopic (exact) mass is 199 g/mol. The molecule has 2 unspecified atom stereocenters. The summed E-state index contributed by atoms with van der Waals surface area (Å²) in [4.78, 5) is 0. The molecule has 0 saturated carbocycles. The van der Waals surface area contributed by atoms with Crippen LogP contribution in [0.15, 0.2) is 0 Å². The maximum absolute atomic E-state index is 9.39. The van der Waals surface area contributed by atoms with Crippen LogP contribution in [-0.4, -0.2) is 30.9 Å². The fraction of sp³-hybridized carbons (Fsp3) is 0.889. The number of hydrogen-bond donors (Lipinski definition) is 1. The van der Waals surface area contributed by atoms with Gasteiger partial charge in [-0.2, -0.15) is 5.26 Å². The predicted molar refractivity (Wildman–Crippen MR) is 54.4 cm³/mol. The molecule has 0 aromatic carbocycles. The lowest BCUT2D eigenvalue weighted by Crippen LogP contribution is -2.37. The molecule has 0 aliphatic heterocycles. The first-order chi connectivity index (χ1) is 6.52. The van der Waals surface area contributed by atoms with Crippen molar-refractivity contribution < 1.29 is 14.4 Å². The molecule has 1 N–H and O–H groups in total. The van der Waals surface area contributed by atoms with Crippen LogP contribution in [0.25, 0.3) is 0 Å². The van der Waals surface area contributed by atoms with Crippen molar-refractivity contribution in [1.82, 2.24) is 0 Å². The highest BCUT2D eigenvalue weighted by molar-refractivity contribution is 6.44. The topological polar surface area (TPSA) is 62.5 Å². The Hall–Kier alpha value is -0.565. The molecule has 5 heteroatoms. The molecule has 0 aromatic rings. The van der Waals surface area contributed by atoms with E-state index in [0.29, 0.717) is 6.61 Å². The maximum Gasteiger partial charge on any atom is 0.484 e. The van der Waals surface area contributed by atoms with Crippen molar-refractivity contribution >= 4 is 7.12 Å². The van der Waals surface area contributed by atoms with E-state index in [0.717, 1.165) is 0 Å². The minimum Gasteiger partial charge on any atom is -0.425 e. The molecule has 0 spiro atoms. The zero-order valence-corrected chi connectivity index (χ0v) is 9.23. The summed E-state index contributed by atoms with van der Waals surface area (Å²) in [5.41, 5.74) is 0. The summed E-state index contributed by atoms with van der Waals surface area (Å²) in [6, 6.07) is 1.68. The van der Waals surface area contributed by atoms with E-state index in [1.807, 2.05) is 6.92 Å². The Balaban J connectivity index is 3.93. The van der Waals surface area contributed by atoms with E-state index < -0.39 is 13.1 Å². The smallest absolute Gasteiger partial charge is 0.425 e. The van der Waals surface area contributed by atoms with Crippen molar-refractivity contribution in [2.24, 2.45) is 5.92 Å². The van der Waals surface area contributed by atoms with Gasteiger partial charge in [-0.3, -0.25) is 0 Å². The number of hydrogen-bond acceptors (Lipinski definition) is 4. The van der Waals surface area contributed by atoms with Gasteiger partial charge in [0.05, 0.1) is 24.1 Å². The third kappa shape index (κ3) is 4.61. The maximum atomic E-state index is 9.39. The van der Waals surface area contributed by atoms with Crippen LogP contribution in [0.5, 0.6) is 0 Å². The SMILES string of the molecule is CCOB(O)C(C)O[C@@H](C)C(C)C#N. The van der Waals surface area contributed by atoms with E-state index in [4.69, 9.17) is 14.7 Å². The Morgan fingerprint density at radius 3 is 2.43 bits per heavy atom. The Bertz CT molecular complexity index is 195. The van der Waals surface area contributed by atoms with Gasteiger partial charge in [0.15, 0.2) is 0 Å². The van der Waals surface area contributed by atoms with Crippen LogP contribution >= 0.6 is 0 Å². The molecule has 0 fully saturated rings. The highest BCUT2D eigenvalue weighted by Gasteiger charge is 2.26. The molecule has 4 nitrogen and oxygen atoms in total. The van der Waals surface area contributed by atoms with Gasteiger partial charge in [0.1, 0.15) is 0 Å². The molecule has 0 aliphatic carbocycles. The molecule has 14 heavy (non-hydrogen) atoms. The highest BCUT2D eigenvalue weighted by atomic mass is 16.6. The summed E-state index contributed by atoms with van der Waals surface area (Å²) in [6.07, 6.45) is -0.204. The zero-order chi connectivity index (χ0) is 11.1. The summed E-state index contributed by atoms with van der Waals surface area (Å²) in [6.45, 7) is 7.56. The average molecular weight is 199 g/mol. The minimum absolute atomic E-state index is 0.189. The van der Waals surface area contributed by atoms with Gasteiger partial charge in [-0.25, -0.2) is 0 Å². The van der Waals surface area contributed by atoms with Crippen LogP contribution in [0.1, 0.15) is 27.7 Å². The van der Waals surface area contributed by atoms with Gasteiger partial charge in [-0.1, -0.05) is 0 Å². The largest absolute Gasteiger partial charge is 0.484 e. The fourth-order valence-corrected chi connectivity index (χ4v) is 0.935. The average Bonchev–Trinajstić information content (AvgIpc) is 2.16. The molecule has 0 heterocycles. The molecule has 3 atom stereocenters. The molecule has 80 valence electrons. The molecular weight excluding hydrogens is 181 g/mol. The van der Waals surface area contributed by atoms with Crippen LogP contribution in [0.2, 0.25) is 0 Å². The van der Waals surface area contributed by atoms with E-state index in [-0.39, 0.29) is 12.0 Å². The van der Waals surface area contributed by atoms with Crippen LogP contribution in [0.4, 0.5) is 0 Å². The first-order valence-electron chi connectivity index (χ1n) is 4.87.